The number of pyridine rings is 1. The molecule has 6 heteroatoms. The number of fused-ring (bicyclic) bond motifs is 1. The number of para-hydroxylation sites is 2. The first kappa shape index (κ1) is 15.4. The fourth-order valence-electron chi connectivity index (χ4n) is 2.61. The maximum absolute atomic E-state index is 12.6. The van der Waals surface area contributed by atoms with Crippen molar-refractivity contribution in [3.63, 3.8) is 0 Å². The Morgan fingerprint density at radius 1 is 1.35 bits per heavy atom. The Morgan fingerprint density at radius 2 is 2.09 bits per heavy atom. The number of carbonyl (C=O) groups excluding carboxylic acids is 1. The molecule has 0 unspecified atom stereocenters. The molecule has 0 spiro atoms. The molecule has 3 aromatic rings. The van der Waals surface area contributed by atoms with Crippen molar-refractivity contribution in [2.75, 3.05) is 12.4 Å². The summed E-state index contributed by atoms with van der Waals surface area (Å²) in [6.07, 6.45) is 3.43. The molecule has 1 aromatic carbocycles. The van der Waals surface area contributed by atoms with Crippen molar-refractivity contribution in [3.05, 3.63) is 52.8 Å². The number of nitrogens with one attached hydrogen (secondary N) is 1. The van der Waals surface area contributed by atoms with Crippen LogP contribution in [-0.2, 0) is 7.05 Å². The summed E-state index contributed by atoms with van der Waals surface area (Å²) in [5.41, 5.74) is 2.65. The van der Waals surface area contributed by atoms with Crippen molar-refractivity contribution >= 4 is 34.2 Å². The Balaban J connectivity index is 2.01. The molecule has 0 saturated heterocycles. The van der Waals surface area contributed by atoms with E-state index in [0.29, 0.717) is 22.0 Å². The maximum Gasteiger partial charge on any atom is 0.258 e. The zero-order valence-corrected chi connectivity index (χ0v) is 13.8. The SMILES string of the molecule is COc1ccccc1NC(=O)c1cnc2c(c(C)cn2C)c1Cl. The molecule has 2 aromatic heterocycles. The minimum absolute atomic E-state index is 0.322. The van der Waals surface area contributed by atoms with Gasteiger partial charge in [-0.05, 0) is 24.6 Å². The van der Waals surface area contributed by atoms with Gasteiger partial charge >= 0.3 is 0 Å². The van der Waals surface area contributed by atoms with Crippen LogP contribution in [0.15, 0.2) is 36.7 Å². The highest BCUT2D eigenvalue weighted by atomic mass is 35.5. The number of carbonyl (C=O) groups is 1. The van der Waals surface area contributed by atoms with Crippen LogP contribution >= 0.6 is 11.6 Å². The van der Waals surface area contributed by atoms with Gasteiger partial charge in [-0.15, -0.1) is 0 Å². The van der Waals surface area contributed by atoms with Gasteiger partial charge in [0.2, 0.25) is 0 Å². The predicted octanol–water partition coefficient (Wildman–Crippen LogP) is 3.80. The standard InChI is InChI=1S/C17H16ClN3O2/c1-10-9-21(2)16-14(10)15(18)11(8-19-16)17(22)20-12-6-4-5-7-13(12)23-3/h4-9H,1-3H3,(H,20,22). The lowest BCUT2D eigenvalue weighted by Crippen LogP contribution is -2.13. The molecule has 0 atom stereocenters. The Kier molecular flexibility index (Phi) is 3.96. The number of benzene rings is 1. The van der Waals surface area contributed by atoms with Gasteiger partial charge in [-0.3, -0.25) is 4.79 Å². The molecular weight excluding hydrogens is 314 g/mol. The average Bonchev–Trinajstić information content (AvgIpc) is 2.83. The van der Waals surface area contributed by atoms with Crippen molar-refractivity contribution in [2.24, 2.45) is 7.05 Å². The number of aromatic nitrogens is 2. The van der Waals surface area contributed by atoms with E-state index in [1.807, 2.05) is 36.9 Å². The van der Waals surface area contributed by atoms with Crippen LogP contribution in [0.2, 0.25) is 5.02 Å². The second-order valence-electron chi connectivity index (χ2n) is 5.26. The van der Waals surface area contributed by atoms with Gasteiger partial charge in [-0.2, -0.15) is 0 Å². The van der Waals surface area contributed by atoms with Crippen LogP contribution in [-0.4, -0.2) is 22.6 Å². The van der Waals surface area contributed by atoms with E-state index in [2.05, 4.69) is 10.3 Å². The van der Waals surface area contributed by atoms with E-state index in [0.717, 1.165) is 16.6 Å². The predicted molar refractivity (Wildman–Crippen MR) is 91.4 cm³/mol. The normalized spacial score (nSPS) is 10.8. The summed E-state index contributed by atoms with van der Waals surface area (Å²) in [5.74, 6) is 0.263. The first-order chi connectivity index (χ1) is 11.0. The smallest absolute Gasteiger partial charge is 0.258 e. The molecule has 1 amide bonds. The fourth-order valence-corrected chi connectivity index (χ4v) is 2.98. The third kappa shape index (κ3) is 2.64. The van der Waals surface area contributed by atoms with Gasteiger partial charge < -0.3 is 14.6 Å². The molecule has 0 bridgehead atoms. The number of methoxy groups -OCH3 is 1. The van der Waals surface area contributed by atoms with Crippen LogP contribution in [0.25, 0.3) is 11.0 Å². The van der Waals surface area contributed by atoms with Crippen molar-refractivity contribution in [1.82, 2.24) is 9.55 Å². The third-order valence-electron chi connectivity index (χ3n) is 3.71. The van der Waals surface area contributed by atoms with Crippen LogP contribution in [0.1, 0.15) is 15.9 Å². The molecule has 5 nitrogen and oxygen atoms in total. The number of hydrogen-bond donors (Lipinski definition) is 1. The molecule has 3 rings (SSSR count). The molecule has 0 aliphatic heterocycles. The summed E-state index contributed by atoms with van der Waals surface area (Å²) in [4.78, 5) is 16.9. The third-order valence-corrected chi connectivity index (χ3v) is 4.10. The number of ether oxygens (including phenoxy) is 1. The first-order valence-electron chi connectivity index (χ1n) is 7.07. The zero-order chi connectivity index (χ0) is 16.6. The lowest BCUT2D eigenvalue weighted by atomic mass is 10.1. The summed E-state index contributed by atoms with van der Waals surface area (Å²) >= 11 is 6.45. The summed E-state index contributed by atoms with van der Waals surface area (Å²) in [6.45, 7) is 1.94. The zero-order valence-electron chi connectivity index (χ0n) is 13.1. The highest BCUT2D eigenvalue weighted by Crippen LogP contribution is 2.30. The lowest BCUT2D eigenvalue weighted by Gasteiger charge is -2.11. The second-order valence-corrected chi connectivity index (χ2v) is 5.64. The van der Waals surface area contributed by atoms with Gasteiger partial charge in [-0.1, -0.05) is 23.7 Å². The topological polar surface area (TPSA) is 56.1 Å². The molecule has 0 aliphatic rings. The average molecular weight is 330 g/mol. The van der Waals surface area contributed by atoms with E-state index < -0.39 is 0 Å². The monoisotopic (exact) mass is 329 g/mol. The maximum atomic E-state index is 12.6. The van der Waals surface area contributed by atoms with Gasteiger partial charge in [0.25, 0.3) is 5.91 Å². The molecule has 118 valence electrons. The highest BCUT2D eigenvalue weighted by molar-refractivity contribution is 6.39. The molecule has 0 aliphatic carbocycles. The van der Waals surface area contributed by atoms with Crippen LogP contribution in [0.4, 0.5) is 5.69 Å². The molecule has 0 radical (unpaired) electrons. The number of amides is 1. The van der Waals surface area contributed by atoms with Crippen LogP contribution < -0.4 is 10.1 Å². The van der Waals surface area contributed by atoms with Gasteiger partial charge in [0.05, 0.1) is 23.4 Å². The quantitative estimate of drug-likeness (QED) is 0.795. The molecule has 2 heterocycles. The number of rotatable bonds is 3. The lowest BCUT2D eigenvalue weighted by molar-refractivity contribution is 0.102. The van der Waals surface area contributed by atoms with Gasteiger partial charge in [0.1, 0.15) is 11.4 Å². The van der Waals surface area contributed by atoms with E-state index in [-0.39, 0.29) is 5.91 Å². The molecule has 0 fully saturated rings. The minimum atomic E-state index is -0.322. The summed E-state index contributed by atoms with van der Waals surface area (Å²) in [5, 5.41) is 4.01. The second kappa shape index (κ2) is 5.93. The number of hydrogen-bond acceptors (Lipinski definition) is 3. The van der Waals surface area contributed by atoms with Gasteiger partial charge in [0.15, 0.2) is 0 Å². The Morgan fingerprint density at radius 3 is 2.83 bits per heavy atom. The molecule has 1 N–H and O–H groups in total. The first-order valence-corrected chi connectivity index (χ1v) is 7.45. The Bertz CT molecular complexity index is 902. The van der Waals surface area contributed by atoms with E-state index in [9.17, 15) is 4.79 Å². The molecular formula is C17H16ClN3O2. The van der Waals surface area contributed by atoms with E-state index in [4.69, 9.17) is 16.3 Å². The largest absolute Gasteiger partial charge is 0.495 e. The Hall–Kier alpha value is -2.53. The fraction of sp³-hybridized carbons (Fsp3) is 0.176. The Labute approximate surface area is 138 Å². The number of aryl methyl sites for hydroxylation is 2. The van der Waals surface area contributed by atoms with E-state index in [1.165, 1.54) is 6.20 Å². The molecule has 23 heavy (non-hydrogen) atoms. The number of anilines is 1. The highest BCUT2D eigenvalue weighted by Gasteiger charge is 2.18. The summed E-state index contributed by atoms with van der Waals surface area (Å²) < 4.78 is 7.13. The van der Waals surface area contributed by atoms with Crippen molar-refractivity contribution in [3.8, 4) is 5.75 Å². The van der Waals surface area contributed by atoms with Crippen molar-refractivity contribution < 1.29 is 9.53 Å². The number of nitrogens with zero attached hydrogens (tertiary/aromatic N) is 2. The van der Waals surface area contributed by atoms with E-state index >= 15 is 0 Å². The van der Waals surface area contributed by atoms with Crippen molar-refractivity contribution in [2.45, 2.75) is 6.92 Å². The van der Waals surface area contributed by atoms with Gasteiger partial charge in [-0.25, -0.2) is 4.98 Å². The van der Waals surface area contributed by atoms with Crippen molar-refractivity contribution in [1.29, 1.82) is 0 Å². The van der Waals surface area contributed by atoms with Crippen LogP contribution in [0, 0.1) is 6.92 Å². The summed E-state index contributed by atoms with van der Waals surface area (Å²) in [7, 11) is 3.45. The van der Waals surface area contributed by atoms with Crippen LogP contribution in [0.3, 0.4) is 0 Å². The van der Waals surface area contributed by atoms with Gasteiger partial charge in [0, 0.05) is 24.8 Å². The number of halogens is 1. The van der Waals surface area contributed by atoms with E-state index in [1.54, 1.807) is 19.2 Å². The molecule has 0 saturated carbocycles. The summed E-state index contributed by atoms with van der Waals surface area (Å²) in [6, 6.07) is 7.20. The minimum Gasteiger partial charge on any atom is -0.495 e. The van der Waals surface area contributed by atoms with Crippen LogP contribution in [0.5, 0.6) is 5.75 Å².